The quantitative estimate of drug-likeness (QED) is 0.877. The third-order valence-electron chi connectivity index (χ3n) is 4.56. The zero-order valence-electron chi connectivity index (χ0n) is 14.9. The SMILES string of the molecule is Cc1ccccc1NC(=O)CN1CCN(c2cnn(C)c(=O)c2Cl)CC1. The summed E-state index contributed by atoms with van der Waals surface area (Å²) >= 11 is 6.16. The number of carbonyl (C=O) groups is 1. The van der Waals surface area contributed by atoms with Crippen molar-refractivity contribution in [1.82, 2.24) is 14.7 Å². The summed E-state index contributed by atoms with van der Waals surface area (Å²) in [6, 6.07) is 7.72. The molecule has 3 rings (SSSR count). The maximum atomic E-state index is 12.3. The summed E-state index contributed by atoms with van der Waals surface area (Å²) in [7, 11) is 1.57. The van der Waals surface area contributed by atoms with Gasteiger partial charge >= 0.3 is 0 Å². The lowest BCUT2D eigenvalue weighted by molar-refractivity contribution is -0.117. The standard InChI is InChI=1S/C18H22ClN5O2/c1-13-5-3-4-6-14(13)21-16(25)12-23-7-9-24(10-8-23)15-11-20-22(2)18(26)17(15)19/h3-6,11H,7-10,12H2,1-2H3,(H,21,25). The van der Waals surface area contributed by atoms with Crippen molar-refractivity contribution in [2.24, 2.45) is 7.05 Å². The van der Waals surface area contributed by atoms with Crippen LogP contribution in [0.25, 0.3) is 0 Å². The number of hydrogen-bond donors (Lipinski definition) is 1. The second-order valence-electron chi connectivity index (χ2n) is 6.40. The molecular formula is C18H22ClN5O2. The predicted octanol–water partition coefficient (Wildman–Crippen LogP) is 1.50. The van der Waals surface area contributed by atoms with Crippen LogP contribution in [0.3, 0.4) is 0 Å². The van der Waals surface area contributed by atoms with Crippen LogP contribution >= 0.6 is 11.6 Å². The van der Waals surface area contributed by atoms with Crippen LogP contribution in [0.5, 0.6) is 0 Å². The van der Waals surface area contributed by atoms with Gasteiger partial charge in [0.05, 0.1) is 18.4 Å². The van der Waals surface area contributed by atoms with Crippen molar-refractivity contribution in [2.45, 2.75) is 6.92 Å². The minimum absolute atomic E-state index is 0.0268. The van der Waals surface area contributed by atoms with E-state index >= 15 is 0 Å². The Labute approximate surface area is 157 Å². The average Bonchev–Trinajstić information content (AvgIpc) is 2.63. The lowest BCUT2D eigenvalue weighted by Gasteiger charge is -2.35. The van der Waals surface area contributed by atoms with Gasteiger partial charge in [0.2, 0.25) is 5.91 Å². The van der Waals surface area contributed by atoms with E-state index in [2.05, 4.69) is 15.3 Å². The highest BCUT2D eigenvalue weighted by Gasteiger charge is 2.22. The summed E-state index contributed by atoms with van der Waals surface area (Å²) < 4.78 is 1.22. The highest BCUT2D eigenvalue weighted by atomic mass is 35.5. The zero-order valence-corrected chi connectivity index (χ0v) is 15.7. The first-order chi connectivity index (χ1) is 12.5. The molecule has 1 aliphatic rings. The molecule has 2 aromatic rings. The molecule has 0 radical (unpaired) electrons. The van der Waals surface area contributed by atoms with Gasteiger partial charge in [-0.3, -0.25) is 14.5 Å². The second kappa shape index (κ2) is 7.88. The van der Waals surface area contributed by atoms with Gasteiger partial charge in [-0.15, -0.1) is 0 Å². The normalized spacial score (nSPS) is 15.1. The summed E-state index contributed by atoms with van der Waals surface area (Å²) in [6.45, 7) is 5.11. The molecule has 26 heavy (non-hydrogen) atoms. The summed E-state index contributed by atoms with van der Waals surface area (Å²) in [5.41, 5.74) is 2.23. The van der Waals surface area contributed by atoms with E-state index in [1.54, 1.807) is 13.2 Å². The number of halogens is 1. The molecule has 138 valence electrons. The third kappa shape index (κ3) is 4.05. The fraction of sp³-hybridized carbons (Fsp3) is 0.389. The Morgan fingerprint density at radius 3 is 2.62 bits per heavy atom. The van der Waals surface area contributed by atoms with Crippen molar-refractivity contribution >= 4 is 28.9 Å². The Morgan fingerprint density at radius 1 is 1.23 bits per heavy atom. The molecule has 2 heterocycles. The maximum absolute atomic E-state index is 12.3. The fourth-order valence-corrected chi connectivity index (χ4v) is 3.27. The molecule has 7 nitrogen and oxygen atoms in total. The van der Waals surface area contributed by atoms with E-state index in [1.165, 1.54) is 4.68 Å². The summed E-state index contributed by atoms with van der Waals surface area (Å²) in [5.74, 6) is -0.0268. The van der Waals surface area contributed by atoms with Crippen LogP contribution < -0.4 is 15.8 Å². The van der Waals surface area contributed by atoms with Gasteiger partial charge in [-0.2, -0.15) is 5.10 Å². The number of aryl methyl sites for hydroxylation is 2. The minimum atomic E-state index is -0.302. The van der Waals surface area contributed by atoms with E-state index in [1.807, 2.05) is 36.1 Å². The van der Waals surface area contributed by atoms with Gasteiger partial charge in [-0.05, 0) is 18.6 Å². The van der Waals surface area contributed by atoms with Gasteiger partial charge in [0.1, 0.15) is 5.02 Å². The van der Waals surface area contributed by atoms with Crippen molar-refractivity contribution in [3.05, 3.63) is 51.4 Å². The highest BCUT2D eigenvalue weighted by Crippen LogP contribution is 2.22. The Hall–Kier alpha value is -2.38. The number of hydrogen-bond acceptors (Lipinski definition) is 5. The van der Waals surface area contributed by atoms with Crippen LogP contribution in [0, 0.1) is 6.92 Å². The monoisotopic (exact) mass is 375 g/mol. The molecule has 1 aromatic heterocycles. The number of rotatable bonds is 4. The predicted molar refractivity (Wildman–Crippen MR) is 103 cm³/mol. The molecule has 0 aliphatic carbocycles. The van der Waals surface area contributed by atoms with Crippen LogP contribution in [-0.4, -0.2) is 53.3 Å². The Kier molecular flexibility index (Phi) is 5.58. The topological polar surface area (TPSA) is 70.5 Å². The molecule has 0 spiro atoms. The van der Waals surface area contributed by atoms with Crippen LogP contribution in [-0.2, 0) is 11.8 Å². The molecule has 1 aromatic carbocycles. The summed E-state index contributed by atoms with van der Waals surface area (Å²) in [4.78, 5) is 28.3. The van der Waals surface area contributed by atoms with E-state index < -0.39 is 0 Å². The van der Waals surface area contributed by atoms with Gasteiger partial charge in [0, 0.05) is 38.9 Å². The van der Waals surface area contributed by atoms with Gasteiger partial charge in [-0.1, -0.05) is 29.8 Å². The van der Waals surface area contributed by atoms with Crippen LogP contribution in [0.4, 0.5) is 11.4 Å². The number of anilines is 2. The molecule has 1 amide bonds. The van der Waals surface area contributed by atoms with E-state index in [0.29, 0.717) is 38.4 Å². The van der Waals surface area contributed by atoms with Crippen LogP contribution in [0.2, 0.25) is 5.02 Å². The molecule has 1 saturated heterocycles. The van der Waals surface area contributed by atoms with Crippen molar-refractivity contribution in [3.8, 4) is 0 Å². The molecule has 8 heteroatoms. The first kappa shape index (κ1) is 18.4. The summed E-state index contributed by atoms with van der Waals surface area (Å²) in [6.07, 6.45) is 1.62. The number of benzene rings is 1. The van der Waals surface area contributed by atoms with E-state index in [9.17, 15) is 9.59 Å². The molecule has 0 saturated carbocycles. The number of piperazine rings is 1. The number of aromatic nitrogens is 2. The molecule has 1 fully saturated rings. The minimum Gasteiger partial charge on any atom is -0.366 e. The van der Waals surface area contributed by atoms with Crippen molar-refractivity contribution in [1.29, 1.82) is 0 Å². The maximum Gasteiger partial charge on any atom is 0.287 e. The number of nitrogens with one attached hydrogen (secondary N) is 1. The van der Waals surface area contributed by atoms with E-state index in [0.717, 1.165) is 11.3 Å². The Morgan fingerprint density at radius 2 is 1.92 bits per heavy atom. The van der Waals surface area contributed by atoms with Crippen molar-refractivity contribution in [2.75, 3.05) is 42.9 Å². The lowest BCUT2D eigenvalue weighted by atomic mass is 10.2. The third-order valence-corrected chi connectivity index (χ3v) is 4.91. The Balaban J connectivity index is 1.56. The molecule has 1 N–H and O–H groups in total. The molecule has 0 bridgehead atoms. The number of carbonyl (C=O) groups excluding carboxylic acids is 1. The van der Waals surface area contributed by atoms with Gasteiger partial charge in [0.25, 0.3) is 5.56 Å². The average molecular weight is 376 g/mol. The van der Waals surface area contributed by atoms with E-state index in [4.69, 9.17) is 11.6 Å². The first-order valence-electron chi connectivity index (χ1n) is 8.50. The molecular weight excluding hydrogens is 354 g/mol. The number of nitrogens with zero attached hydrogens (tertiary/aromatic N) is 4. The number of para-hydroxylation sites is 1. The van der Waals surface area contributed by atoms with Crippen LogP contribution in [0.1, 0.15) is 5.56 Å². The summed E-state index contributed by atoms with van der Waals surface area (Å²) in [5, 5.41) is 7.18. The Bertz CT molecular complexity index is 859. The van der Waals surface area contributed by atoms with E-state index in [-0.39, 0.29) is 16.5 Å². The fourth-order valence-electron chi connectivity index (χ4n) is 2.98. The van der Waals surface area contributed by atoms with Gasteiger partial charge in [-0.25, -0.2) is 4.68 Å². The highest BCUT2D eigenvalue weighted by molar-refractivity contribution is 6.33. The zero-order chi connectivity index (χ0) is 18.7. The van der Waals surface area contributed by atoms with Crippen LogP contribution in [0.15, 0.2) is 35.3 Å². The first-order valence-corrected chi connectivity index (χ1v) is 8.88. The van der Waals surface area contributed by atoms with Crippen molar-refractivity contribution in [3.63, 3.8) is 0 Å². The van der Waals surface area contributed by atoms with Gasteiger partial charge < -0.3 is 10.2 Å². The molecule has 1 aliphatic heterocycles. The largest absolute Gasteiger partial charge is 0.366 e. The smallest absolute Gasteiger partial charge is 0.287 e. The van der Waals surface area contributed by atoms with Crippen molar-refractivity contribution < 1.29 is 4.79 Å². The number of amides is 1. The lowest BCUT2D eigenvalue weighted by Crippen LogP contribution is -2.49. The van der Waals surface area contributed by atoms with Gasteiger partial charge in [0.15, 0.2) is 0 Å². The second-order valence-corrected chi connectivity index (χ2v) is 6.78. The molecule has 0 atom stereocenters. The molecule has 0 unspecified atom stereocenters.